The topological polar surface area (TPSA) is 24.1 Å². The van der Waals surface area contributed by atoms with Crippen molar-refractivity contribution in [1.29, 1.82) is 0 Å². The zero-order chi connectivity index (χ0) is 7.82. The van der Waals surface area contributed by atoms with E-state index >= 15 is 0 Å². The first-order valence-corrected chi connectivity index (χ1v) is 3.55. The molecule has 0 saturated carbocycles. The van der Waals surface area contributed by atoms with Gasteiger partial charge in [-0.3, -0.25) is 0 Å². The second kappa shape index (κ2) is 6.36. The van der Waals surface area contributed by atoms with E-state index in [-0.39, 0.29) is 0 Å². The fourth-order valence-corrected chi connectivity index (χ4v) is 0.563. The molecule has 0 aliphatic carbocycles. The van der Waals surface area contributed by atoms with Crippen LogP contribution in [0.2, 0.25) is 0 Å². The minimum Gasteiger partial charge on any atom is -0.376 e. The summed E-state index contributed by atoms with van der Waals surface area (Å²) in [5.41, 5.74) is 1.14. The number of allylic oxidation sites excluding steroid dienone is 3. The molecule has 0 amide bonds. The van der Waals surface area contributed by atoms with Gasteiger partial charge in [0.05, 0.1) is 6.67 Å². The van der Waals surface area contributed by atoms with Crippen LogP contribution in [0.5, 0.6) is 0 Å². The number of hydrogen-bond donors (Lipinski definition) is 2. The molecule has 0 unspecified atom stereocenters. The van der Waals surface area contributed by atoms with Crippen molar-refractivity contribution in [3.63, 3.8) is 0 Å². The van der Waals surface area contributed by atoms with Crippen LogP contribution in [-0.2, 0) is 0 Å². The first-order chi connectivity index (χ1) is 4.81. The minimum absolute atomic E-state index is 0.826. The van der Waals surface area contributed by atoms with Crippen LogP contribution < -0.4 is 10.6 Å². The molecule has 0 bridgehead atoms. The Hall–Kier alpha value is -0.760. The lowest BCUT2D eigenvalue weighted by atomic mass is 10.4. The van der Waals surface area contributed by atoms with Crippen molar-refractivity contribution in [2.45, 2.75) is 13.8 Å². The van der Waals surface area contributed by atoms with Gasteiger partial charge in [0, 0.05) is 5.70 Å². The summed E-state index contributed by atoms with van der Waals surface area (Å²) >= 11 is 0. The zero-order valence-corrected chi connectivity index (χ0v) is 6.78. The van der Waals surface area contributed by atoms with E-state index in [1.807, 2.05) is 13.0 Å². The molecule has 0 rings (SSSR count). The first kappa shape index (κ1) is 9.24. The maximum Gasteiger partial charge on any atom is 0.0650 e. The normalized spacial score (nSPS) is 11.2. The van der Waals surface area contributed by atoms with E-state index in [9.17, 15) is 0 Å². The molecule has 0 aromatic rings. The third-order valence-corrected chi connectivity index (χ3v) is 1.11. The average molecular weight is 140 g/mol. The zero-order valence-electron chi connectivity index (χ0n) is 6.78. The molecule has 0 heterocycles. The van der Waals surface area contributed by atoms with E-state index in [0.717, 1.165) is 18.9 Å². The molecular weight excluding hydrogens is 124 g/mol. The maximum atomic E-state index is 3.59. The van der Waals surface area contributed by atoms with E-state index in [0.29, 0.717) is 0 Å². The maximum absolute atomic E-state index is 3.59. The molecule has 0 radical (unpaired) electrons. The van der Waals surface area contributed by atoms with Gasteiger partial charge in [0.1, 0.15) is 0 Å². The predicted octanol–water partition coefficient (Wildman–Crippen LogP) is 1.23. The number of rotatable bonds is 5. The van der Waals surface area contributed by atoms with Gasteiger partial charge in [-0.15, -0.1) is 0 Å². The Bertz CT molecular complexity index is 116. The van der Waals surface area contributed by atoms with Crippen LogP contribution in [0.1, 0.15) is 13.8 Å². The second-order valence-electron chi connectivity index (χ2n) is 2.04. The third-order valence-electron chi connectivity index (χ3n) is 1.11. The average Bonchev–Trinajstić information content (AvgIpc) is 1.89. The standard InChI is InChI=1S/C8H16N2/c1-4-6-8(3)10-7-9-5-2/h4,6,9-10H,1,5,7H2,2-3H3/b8-6+. The van der Waals surface area contributed by atoms with Gasteiger partial charge in [-0.1, -0.05) is 19.6 Å². The molecule has 10 heavy (non-hydrogen) atoms. The van der Waals surface area contributed by atoms with Crippen molar-refractivity contribution < 1.29 is 0 Å². The Morgan fingerprint density at radius 3 is 2.80 bits per heavy atom. The van der Waals surface area contributed by atoms with Gasteiger partial charge in [-0.2, -0.15) is 0 Å². The summed E-state index contributed by atoms with van der Waals surface area (Å²) in [6.07, 6.45) is 3.71. The monoisotopic (exact) mass is 140 g/mol. The van der Waals surface area contributed by atoms with E-state index in [2.05, 4.69) is 24.1 Å². The van der Waals surface area contributed by atoms with Gasteiger partial charge in [-0.25, -0.2) is 0 Å². The lowest BCUT2D eigenvalue weighted by Crippen LogP contribution is -2.27. The molecule has 2 nitrogen and oxygen atoms in total. The highest BCUT2D eigenvalue weighted by molar-refractivity contribution is 5.05. The predicted molar refractivity (Wildman–Crippen MR) is 45.6 cm³/mol. The third kappa shape index (κ3) is 5.38. The van der Waals surface area contributed by atoms with E-state index in [1.54, 1.807) is 6.08 Å². The van der Waals surface area contributed by atoms with Crippen molar-refractivity contribution in [2.24, 2.45) is 0 Å². The molecule has 0 fully saturated rings. The molecule has 58 valence electrons. The molecule has 0 spiro atoms. The van der Waals surface area contributed by atoms with E-state index < -0.39 is 0 Å². The van der Waals surface area contributed by atoms with E-state index in [1.165, 1.54) is 0 Å². The Labute approximate surface area is 63.0 Å². The summed E-state index contributed by atoms with van der Waals surface area (Å²) in [7, 11) is 0. The fraction of sp³-hybridized carbons (Fsp3) is 0.500. The summed E-state index contributed by atoms with van der Waals surface area (Å²) in [4.78, 5) is 0. The molecule has 0 atom stereocenters. The molecule has 2 heteroatoms. The Balaban J connectivity index is 3.29. The smallest absolute Gasteiger partial charge is 0.0650 e. The Morgan fingerprint density at radius 2 is 2.30 bits per heavy atom. The van der Waals surface area contributed by atoms with Crippen LogP contribution in [0.3, 0.4) is 0 Å². The van der Waals surface area contributed by atoms with Crippen molar-refractivity contribution in [1.82, 2.24) is 10.6 Å². The van der Waals surface area contributed by atoms with Crippen LogP contribution in [-0.4, -0.2) is 13.2 Å². The molecule has 0 saturated heterocycles. The van der Waals surface area contributed by atoms with Crippen molar-refractivity contribution in [2.75, 3.05) is 13.2 Å². The molecule has 0 aliphatic rings. The largest absolute Gasteiger partial charge is 0.376 e. The van der Waals surface area contributed by atoms with Gasteiger partial charge in [-0.05, 0) is 19.5 Å². The van der Waals surface area contributed by atoms with Crippen LogP contribution >= 0.6 is 0 Å². The summed E-state index contributed by atoms with van der Waals surface area (Å²) in [5, 5.41) is 6.31. The van der Waals surface area contributed by atoms with E-state index in [4.69, 9.17) is 0 Å². The van der Waals surface area contributed by atoms with Crippen LogP contribution in [0.25, 0.3) is 0 Å². The van der Waals surface area contributed by atoms with Crippen LogP contribution in [0.15, 0.2) is 24.4 Å². The van der Waals surface area contributed by atoms with Gasteiger partial charge in [0.15, 0.2) is 0 Å². The lowest BCUT2D eigenvalue weighted by molar-refractivity contribution is 0.656. The summed E-state index contributed by atoms with van der Waals surface area (Å²) < 4.78 is 0. The fourth-order valence-electron chi connectivity index (χ4n) is 0.563. The quantitative estimate of drug-likeness (QED) is 0.341. The van der Waals surface area contributed by atoms with Gasteiger partial charge in [0.25, 0.3) is 0 Å². The lowest BCUT2D eigenvalue weighted by Gasteiger charge is -2.04. The highest BCUT2D eigenvalue weighted by atomic mass is 15.1. The van der Waals surface area contributed by atoms with Crippen LogP contribution in [0.4, 0.5) is 0 Å². The highest BCUT2D eigenvalue weighted by Gasteiger charge is 1.81. The van der Waals surface area contributed by atoms with Gasteiger partial charge in [0.2, 0.25) is 0 Å². The summed E-state index contributed by atoms with van der Waals surface area (Å²) in [6.45, 7) is 9.50. The first-order valence-electron chi connectivity index (χ1n) is 3.55. The minimum atomic E-state index is 0.826. The van der Waals surface area contributed by atoms with Crippen molar-refractivity contribution in [3.05, 3.63) is 24.4 Å². The SMILES string of the molecule is C=C/C=C(\C)NCNCC. The number of nitrogens with one attached hydrogen (secondary N) is 2. The Morgan fingerprint density at radius 1 is 1.60 bits per heavy atom. The summed E-state index contributed by atoms with van der Waals surface area (Å²) in [5.74, 6) is 0. The van der Waals surface area contributed by atoms with Gasteiger partial charge < -0.3 is 10.6 Å². The summed E-state index contributed by atoms with van der Waals surface area (Å²) in [6, 6.07) is 0. The molecular formula is C8H16N2. The van der Waals surface area contributed by atoms with Crippen molar-refractivity contribution >= 4 is 0 Å². The second-order valence-corrected chi connectivity index (χ2v) is 2.04. The van der Waals surface area contributed by atoms with Crippen molar-refractivity contribution in [3.8, 4) is 0 Å². The molecule has 0 aliphatic heterocycles. The van der Waals surface area contributed by atoms with Gasteiger partial charge >= 0.3 is 0 Å². The number of hydrogen-bond acceptors (Lipinski definition) is 2. The Kier molecular flexibility index (Phi) is 5.88. The molecule has 0 aromatic heterocycles. The van der Waals surface area contributed by atoms with Crippen LogP contribution in [0, 0.1) is 0 Å². The highest BCUT2D eigenvalue weighted by Crippen LogP contribution is 1.83. The molecule has 0 aromatic carbocycles. The molecule has 2 N–H and O–H groups in total.